The molecule has 1 aliphatic heterocycles. The second-order valence-corrected chi connectivity index (χ2v) is 5.94. The van der Waals surface area contributed by atoms with Gasteiger partial charge < -0.3 is 15.0 Å². The zero-order valence-corrected chi connectivity index (χ0v) is 16.1. The van der Waals surface area contributed by atoms with Crippen LogP contribution in [0.2, 0.25) is 0 Å². The molecule has 1 fully saturated rings. The second-order valence-electron chi connectivity index (χ2n) is 5.94. The predicted octanol–water partition coefficient (Wildman–Crippen LogP) is 3.38. The number of ether oxygens (including phenoxy) is 1. The van der Waals surface area contributed by atoms with Gasteiger partial charge in [0, 0.05) is 39.5 Å². The molecular weight excluding hydrogens is 389 g/mol. The number of nitrogens with one attached hydrogen (secondary N) is 1. The molecule has 0 bridgehead atoms. The number of rotatable bonds is 4. The van der Waals surface area contributed by atoms with E-state index in [9.17, 15) is 0 Å². The van der Waals surface area contributed by atoms with Crippen LogP contribution in [0.15, 0.2) is 35.3 Å². The van der Waals surface area contributed by atoms with Gasteiger partial charge in [0.2, 0.25) is 0 Å². The lowest BCUT2D eigenvalue weighted by molar-refractivity contribution is 0.129. The second kappa shape index (κ2) is 9.92. The van der Waals surface area contributed by atoms with E-state index in [-0.39, 0.29) is 24.0 Å². The lowest BCUT2D eigenvalue weighted by Gasteiger charge is -2.34. The summed E-state index contributed by atoms with van der Waals surface area (Å²) in [5.41, 5.74) is 0. The van der Waals surface area contributed by atoms with Crippen molar-refractivity contribution in [1.29, 1.82) is 0 Å². The lowest BCUT2D eigenvalue weighted by atomic mass is 10.1. The van der Waals surface area contributed by atoms with Crippen molar-refractivity contribution in [3.05, 3.63) is 30.3 Å². The predicted molar refractivity (Wildman–Crippen MR) is 103 cm³/mol. The minimum absolute atomic E-state index is 0. The average Bonchev–Trinajstić information content (AvgIpc) is 2.50. The highest BCUT2D eigenvalue weighted by molar-refractivity contribution is 14.0. The summed E-state index contributed by atoms with van der Waals surface area (Å²) in [5.74, 6) is 2.61. The van der Waals surface area contributed by atoms with Gasteiger partial charge in [-0.05, 0) is 18.1 Å². The normalized spacial score (nSPS) is 16.4. The molecule has 124 valence electrons. The number of halogens is 1. The SMILES string of the molecule is CN=C(NCC(C)C)N1CCC(Oc2ccccc2)CC1.I. The standard InChI is InChI=1S/C17H27N3O.HI/c1-14(2)13-19-17(18-3)20-11-9-16(10-12-20)21-15-7-5-4-6-8-15;/h4-8,14,16H,9-13H2,1-3H3,(H,18,19);1H. The molecule has 4 nitrogen and oxygen atoms in total. The van der Waals surface area contributed by atoms with Crippen LogP contribution in [0.25, 0.3) is 0 Å². The number of aliphatic imine (C=N–C) groups is 1. The zero-order chi connectivity index (χ0) is 15.1. The Bertz CT molecular complexity index is 442. The van der Waals surface area contributed by atoms with E-state index in [0.717, 1.165) is 44.2 Å². The van der Waals surface area contributed by atoms with Gasteiger partial charge >= 0.3 is 0 Å². The molecule has 1 aromatic rings. The van der Waals surface area contributed by atoms with Crippen LogP contribution in [-0.2, 0) is 0 Å². The Balaban J connectivity index is 0.00000242. The highest BCUT2D eigenvalue weighted by Gasteiger charge is 2.22. The molecule has 5 heteroatoms. The molecule has 1 aromatic carbocycles. The summed E-state index contributed by atoms with van der Waals surface area (Å²) in [5, 5.41) is 3.44. The van der Waals surface area contributed by atoms with Gasteiger partial charge in [-0.25, -0.2) is 0 Å². The first-order valence-electron chi connectivity index (χ1n) is 7.86. The highest BCUT2D eigenvalue weighted by Crippen LogP contribution is 2.18. The van der Waals surface area contributed by atoms with Gasteiger partial charge in [0.05, 0.1) is 0 Å². The van der Waals surface area contributed by atoms with E-state index >= 15 is 0 Å². The van der Waals surface area contributed by atoms with Gasteiger partial charge in [-0.1, -0.05) is 32.0 Å². The van der Waals surface area contributed by atoms with Crippen LogP contribution in [0, 0.1) is 5.92 Å². The fraction of sp³-hybridized carbons (Fsp3) is 0.588. The summed E-state index contributed by atoms with van der Waals surface area (Å²) in [6, 6.07) is 10.1. The molecule has 1 saturated heterocycles. The largest absolute Gasteiger partial charge is 0.490 e. The Kier molecular flexibility index (Phi) is 8.60. The third kappa shape index (κ3) is 6.02. The number of likely N-dealkylation sites (tertiary alicyclic amines) is 1. The maximum Gasteiger partial charge on any atom is 0.193 e. The van der Waals surface area contributed by atoms with Crippen LogP contribution >= 0.6 is 24.0 Å². The van der Waals surface area contributed by atoms with E-state index < -0.39 is 0 Å². The van der Waals surface area contributed by atoms with Crippen molar-refractivity contribution in [3.8, 4) is 5.75 Å². The molecule has 0 atom stereocenters. The highest BCUT2D eigenvalue weighted by atomic mass is 127. The van der Waals surface area contributed by atoms with Crippen molar-refractivity contribution in [2.24, 2.45) is 10.9 Å². The molecule has 0 saturated carbocycles. The first kappa shape index (κ1) is 19.1. The summed E-state index contributed by atoms with van der Waals surface area (Å²) in [6.45, 7) is 7.37. The first-order chi connectivity index (χ1) is 10.2. The summed E-state index contributed by atoms with van der Waals surface area (Å²) < 4.78 is 6.03. The van der Waals surface area contributed by atoms with Gasteiger partial charge in [-0.3, -0.25) is 4.99 Å². The molecule has 1 aliphatic rings. The molecular formula is C17H28IN3O. The van der Waals surface area contributed by atoms with Gasteiger partial charge in [0.25, 0.3) is 0 Å². The maximum atomic E-state index is 6.03. The monoisotopic (exact) mass is 417 g/mol. The van der Waals surface area contributed by atoms with Gasteiger partial charge in [-0.15, -0.1) is 24.0 Å². The van der Waals surface area contributed by atoms with Crippen LogP contribution in [0.1, 0.15) is 26.7 Å². The fourth-order valence-corrected chi connectivity index (χ4v) is 2.50. The zero-order valence-electron chi connectivity index (χ0n) is 13.8. The van der Waals surface area contributed by atoms with Gasteiger partial charge in [-0.2, -0.15) is 0 Å². The van der Waals surface area contributed by atoms with E-state index in [2.05, 4.69) is 29.1 Å². The number of nitrogens with zero attached hydrogens (tertiary/aromatic N) is 2. The molecule has 0 amide bonds. The third-order valence-corrected chi connectivity index (χ3v) is 3.67. The summed E-state index contributed by atoms with van der Waals surface area (Å²) >= 11 is 0. The van der Waals surface area contributed by atoms with Crippen LogP contribution in [-0.4, -0.2) is 43.6 Å². The van der Waals surface area contributed by atoms with Gasteiger partial charge in [0.1, 0.15) is 11.9 Å². The quantitative estimate of drug-likeness (QED) is 0.464. The van der Waals surface area contributed by atoms with E-state index in [1.165, 1.54) is 0 Å². The fourth-order valence-electron chi connectivity index (χ4n) is 2.50. The Morgan fingerprint density at radius 2 is 1.91 bits per heavy atom. The molecule has 0 unspecified atom stereocenters. The molecule has 1 N–H and O–H groups in total. The van der Waals surface area contributed by atoms with Crippen molar-refractivity contribution < 1.29 is 4.74 Å². The molecule has 0 radical (unpaired) electrons. The number of para-hydroxylation sites is 1. The number of hydrogen-bond acceptors (Lipinski definition) is 2. The van der Waals surface area contributed by atoms with Crippen LogP contribution < -0.4 is 10.1 Å². The van der Waals surface area contributed by atoms with Crippen LogP contribution in [0.5, 0.6) is 5.75 Å². The number of guanidine groups is 1. The summed E-state index contributed by atoms with van der Waals surface area (Å²) in [4.78, 5) is 6.71. The number of piperidine rings is 1. The third-order valence-electron chi connectivity index (χ3n) is 3.67. The van der Waals surface area contributed by atoms with Crippen LogP contribution in [0.3, 0.4) is 0 Å². The maximum absolute atomic E-state index is 6.03. The Labute approximate surface area is 151 Å². The van der Waals surface area contributed by atoms with E-state index in [0.29, 0.717) is 12.0 Å². The summed E-state index contributed by atoms with van der Waals surface area (Å²) in [6.07, 6.45) is 2.39. The first-order valence-corrected chi connectivity index (χ1v) is 7.86. The Morgan fingerprint density at radius 1 is 1.27 bits per heavy atom. The molecule has 0 aromatic heterocycles. The van der Waals surface area contributed by atoms with Crippen molar-refractivity contribution in [2.45, 2.75) is 32.8 Å². The van der Waals surface area contributed by atoms with Crippen molar-refractivity contribution in [1.82, 2.24) is 10.2 Å². The molecule has 1 heterocycles. The Morgan fingerprint density at radius 3 is 2.45 bits per heavy atom. The topological polar surface area (TPSA) is 36.9 Å². The van der Waals surface area contributed by atoms with Crippen molar-refractivity contribution >= 4 is 29.9 Å². The average molecular weight is 417 g/mol. The molecule has 22 heavy (non-hydrogen) atoms. The summed E-state index contributed by atoms with van der Waals surface area (Å²) in [7, 11) is 1.86. The van der Waals surface area contributed by atoms with E-state index in [1.807, 2.05) is 37.4 Å². The minimum atomic E-state index is 0. The van der Waals surface area contributed by atoms with E-state index in [1.54, 1.807) is 0 Å². The molecule has 0 aliphatic carbocycles. The van der Waals surface area contributed by atoms with E-state index in [4.69, 9.17) is 4.74 Å². The number of benzene rings is 1. The van der Waals surface area contributed by atoms with Crippen molar-refractivity contribution in [3.63, 3.8) is 0 Å². The number of hydrogen-bond donors (Lipinski definition) is 1. The smallest absolute Gasteiger partial charge is 0.193 e. The molecule has 2 rings (SSSR count). The Hall–Kier alpha value is -0.980. The van der Waals surface area contributed by atoms with Crippen molar-refractivity contribution in [2.75, 3.05) is 26.7 Å². The lowest BCUT2D eigenvalue weighted by Crippen LogP contribution is -2.48. The van der Waals surface area contributed by atoms with Crippen LogP contribution in [0.4, 0.5) is 0 Å². The minimum Gasteiger partial charge on any atom is -0.490 e. The molecule has 0 spiro atoms. The van der Waals surface area contributed by atoms with Gasteiger partial charge in [0.15, 0.2) is 5.96 Å².